The topological polar surface area (TPSA) is 53.7 Å². The van der Waals surface area contributed by atoms with E-state index in [1.165, 1.54) is 0 Å². The zero-order chi connectivity index (χ0) is 24.0. The number of aryl methyl sites for hydroxylation is 1. The number of ether oxygens (including phenoxy) is 3. The summed E-state index contributed by atoms with van der Waals surface area (Å²) in [5, 5.41) is 0. The third-order valence-corrected chi connectivity index (χ3v) is 4.13. The summed E-state index contributed by atoms with van der Waals surface area (Å²) in [6, 6.07) is 0.585. The molecule has 0 radical (unpaired) electrons. The van der Waals surface area contributed by atoms with Gasteiger partial charge < -0.3 is 19.9 Å². The Labute approximate surface area is 172 Å². The van der Waals surface area contributed by atoms with Crippen molar-refractivity contribution in [2.24, 2.45) is 17.6 Å². The summed E-state index contributed by atoms with van der Waals surface area (Å²) in [4.78, 5) is 0. The minimum atomic E-state index is -5.48. The normalized spacial score (nSPS) is 14.8. The van der Waals surface area contributed by atoms with E-state index in [0.29, 0.717) is 25.5 Å². The largest absolute Gasteiger partial charge is 0.573 e. The van der Waals surface area contributed by atoms with E-state index in [-0.39, 0.29) is 30.7 Å². The highest BCUT2D eigenvalue weighted by Gasteiger charge is 2.39. The molecule has 0 amide bonds. The van der Waals surface area contributed by atoms with Crippen LogP contribution >= 0.6 is 0 Å². The average molecular weight is 471 g/mol. The molecule has 0 heterocycles. The maximum Gasteiger partial charge on any atom is 0.573 e. The Kier molecular flexibility index (Phi) is 9.15. The molecule has 1 aromatic rings. The van der Waals surface area contributed by atoms with Gasteiger partial charge in [-0.15, -0.1) is 39.5 Å². The van der Waals surface area contributed by atoms with Gasteiger partial charge in [-0.3, -0.25) is 0 Å². The van der Waals surface area contributed by atoms with Crippen LogP contribution in [0.4, 0.5) is 39.5 Å². The van der Waals surface area contributed by atoms with Crippen LogP contribution in [0.3, 0.4) is 0 Å². The summed E-state index contributed by atoms with van der Waals surface area (Å²) in [6.07, 6.45) is -15.2. The van der Waals surface area contributed by atoms with Crippen molar-refractivity contribution in [2.45, 2.75) is 58.6 Å². The molecule has 0 aliphatic rings. The Bertz CT molecular complexity index is 702. The summed E-state index contributed by atoms with van der Waals surface area (Å²) in [5.41, 5.74) is 4.95. The van der Waals surface area contributed by atoms with E-state index < -0.39 is 41.9 Å². The number of halogens is 9. The highest BCUT2D eigenvalue weighted by atomic mass is 19.4. The lowest BCUT2D eigenvalue weighted by molar-refractivity contribution is -0.288. The summed E-state index contributed by atoms with van der Waals surface area (Å²) in [6.45, 7) is 4.16. The summed E-state index contributed by atoms with van der Waals surface area (Å²) in [7, 11) is 0. The average Bonchev–Trinajstić information content (AvgIpc) is 2.53. The standard InChI is InChI=1S/C18H22F9NO3/c1-10(6-11(2)9-28)4-3-5-12-7-13(29-16(19,20)21)8-14(30-17(22,23)24)15(12)31-18(25,26)27/h7-8,10-11H,3-6,9,28H2,1-2H3. The van der Waals surface area contributed by atoms with Gasteiger partial charge in [0.25, 0.3) is 0 Å². The SMILES string of the molecule is CC(CN)CC(C)CCCc1cc(OC(F)(F)F)cc(OC(F)(F)F)c1OC(F)(F)F. The van der Waals surface area contributed by atoms with E-state index in [2.05, 4.69) is 14.2 Å². The lowest BCUT2D eigenvalue weighted by atomic mass is 9.92. The molecule has 2 atom stereocenters. The van der Waals surface area contributed by atoms with E-state index in [9.17, 15) is 39.5 Å². The Balaban J connectivity index is 3.25. The van der Waals surface area contributed by atoms with Crippen molar-refractivity contribution in [3.63, 3.8) is 0 Å². The maximum atomic E-state index is 12.8. The van der Waals surface area contributed by atoms with E-state index in [1.54, 1.807) is 0 Å². The number of benzene rings is 1. The van der Waals surface area contributed by atoms with Crippen LogP contribution in [0, 0.1) is 11.8 Å². The Morgan fingerprint density at radius 1 is 0.806 bits per heavy atom. The van der Waals surface area contributed by atoms with Crippen LogP contribution in [0.25, 0.3) is 0 Å². The van der Waals surface area contributed by atoms with E-state index in [4.69, 9.17) is 5.73 Å². The molecule has 2 unspecified atom stereocenters. The number of rotatable bonds is 10. The van der Waals surface area contributed by atoms with Gasteiger partial charge in [-0.05, 0) is 43.7 Å². The first-order valence-corrected chi connectivity index (χ1v) is 9.13. The quantitative estimate of drug-likeness (QED) is 0.406. The summed E-state index contributed by atoms with van der Waals surface area (Å²) < 4.78 is 124. The minimum Gasteiger partial charge on any atom is -0.406 e. The second kappa shape index (κ2) is 10.5. The van der Waals surface area contributed by atoms with Crippen LogP contribution in [-0.2, 0) is 6.42 Å². The van der Waals surface area contributed by atoms with Gasteiger partial charge in [0.1, 0.15) is 5.75 Å². The molecule has 0 aromatic heterocycles. The Hall–Kier alpha value is -2.05. The maximum absolute atomic E-state index is 12.8. The summed E-state index contributed by atoms with van der Waals surface area (Å²) in [5.74, 6) is -3.88. The van der Waals surface area contributed by atoms with Gasteiger partial charge >= 0.3 is 19.1 Å². The number of nitrogens with two attached hydrogens (primary N) is 1. The third-order valence-electron chi connectivity index (χ3n) is 4.13. The molecule has 31 heavy (non-hydrogen) atoms. The molecule has 2 N–H and O–H groups in total. The highest BCUT2D eigenvalue weighted by molar-refractivity contribution is 5.52. The Morgan fingerprint density at radius 3 is 1.84 bits per heavy atom. The molecule has 0 saturated carbocycles. The van der Waals surface area contributed by atoms with Gasteiger partial charge in [0.2, 0.25) is 0 Å². The fraction of sp³-hybridized carbons (Fsp3) is 0.667. The number of alkyl halides is 9. The van der Waals surface area contributed by atoms with Crippen molar-refractivity contribution in [3.8, 4) is 17.2 Å². The molecular weight excluding hydrogens is 449 g/mol. The zero-order valence-electron chi connectivity index (χ0n) is 16.5. The first-order chi connectivity index (χ1) is 14.0. The van der Waals surface area contributed by atoms with Gasteiger partial charge in [0.15, 0.2) is 11.5 Å². The third kappa shape index (κ3) is 11.2. The first kappa shape index (κ1) is 27.0. The molecule has 0 aliphatic heterocycles. The van der Waals surface area contributed by atoms with Gasteiger partial charge in [-0.2, -0.15) is 0 Å². The highest BCUT2D eigenvalue weighted by Crippen LogP contribution is 2.43. The van der Waals surface area contributed by atoms with Crippen LogP contribution in [0.15, 0.2) is 12.1 Å². The van der Waals surface area contributed by atoms with E-state index >= 15 is 0 Å². The van der Waals surface area contributed by atoms with Crippen LogP contribution in [0.2, 0.25) is 0 Å². The lowest BCUT2D eigenvalue weighted by Crippen LogP contribution is -2.23. The zero-order valence-corrected chi connectivity index (χ0v) is 16.5. The van der Waals surface area contributed by atoms with Crippen LogP contribution in [0.5, 0.6) is 17.2 Å². The number of hydrogen-bond acceptors (Lipinski definition) is 4. The molecule has 0 saturated heterocycles. The molecule has 0 fully saturated rings. The summed E-state index contributed by atoms with van der Waals surface area (Å²) >= 11 is 0. The molecule has 0 aliphatic carbocycles. The molecule has 13 heteroatoms. The van der Waals surface area contributed by atoms with Crippen molar-refractivity contribution < 1.29 is 53.7 Å². The molecular formula is C18H22F9NO3. The molecule has 180 valence electrons. The molecule has 0 spiro atoms. The molecule has 1 aromatic carbocycles. The fourth-order valence-corrected chi connectivity index (χ4v) is 2.98. The minimum absolute atomic E-state index is 0.0388. The molecule has 0 bridgehead atoms. The second-order valence-electron chi connectivity index (χ2n) is 7.13. The van der Waals surface area contributed by atoms with Crippen LogP contribution in [0.1, 0.15) is 38.7 Å². The van der Waals surface area contributed by atoms with E-state index in [0.717, 1.165) is 0 Å². The van der Waals surface area contributed by atoms with Crippen LogP contribution in [-0.4, -0.2) is 25.6 Å². The molecule has 4 nitrogen and oxygen atoms in total. The van der Waals surface area contributed by atoms with Gasteiger partial charge in [0, 0.05) is 11.6 Å². The van der Waals surface area contributed by atoms with Crippen molar-refractivity contribution in [2.75, 3.05) is 6.54 Å². The van der Waals surface area contributed by atoms with Crippen molar-refractivity contribution in [1.29, 1.82) is 0 Å². The second-order valence-corrected chi connectivity index (χ2v) is 7.13. The lowest BCUT2D eigenvalue weighted by Gasteiger charge is -2.21. The van der Waals surface area contributed by atoms with Crippen molar-refractivity contribution in [1.82, 2.24) is 0 Å². The van der Waals surface area contributed by atoms with Gasteiger partial charge in [-0.25, -0.2) is 0 Å². The van der Waals surface area contributed by atoms with Gasteiger partial charge in [-0.1, -0.05) is 20.3 Å². The monoisotopic (exact) mass is 471 g/mol. The first-order valence-electron chi connectivity index (χ1n) is 9.13. The Morgan fingerprint density at radius 2 is 1.35 bits per heavy atom. The molecule has 1 rings (SSSR count). The van der Waals surface area contributed by atoms with Gasteiger partial charge in [0.05, 0.1) is 0 Å². The predicted octanol–water partition coefficient (Wildman–Crippen LogP) is 6.33. The number of hydrogen-bond donors (Lipinski definition) is 1. The smallest absolute Gasteiger partial charge is 0.406 e. The van der Waals surface area contributed by atoms with Crippen molar-refractivity contribution >= 4 is 0 Å². The predicted molar refractivity (Wildman–Crippen MR) is 91.4 cm³/mol. The van der Waals surface area contributed by atoms with E-state index in [1.807, 2.05) is 13.8 Å². The van der Waals surface area contributed by atoms with Crippen molar-refractivity contribution in [3.05, 3.63) is 17.7 Å². The fourth-order valence-electron chi connectivity index (χ4n) is 2.98. The van der Waals surface area contributed by atoms with Crippen LogP contribution < -0.4 is 19.9 Å².